The van der Waals surface area contributed by atoms with E-state index in [0.717, 1.165) is 19.2 Å². The van der Waals surface area contributed by atoms with Gasteiger partial charge in [0.2, 0.25) is 16.4 Å². The third kappa shape index (κ3) is 4.18. The quantitative estimate of drug-likeness (QED) is 0.780. The minimum Gasteiger partial charge on any atom is -0.411 e. The molecule has 1 aromatic carbocycles. The summed E-state index contributed by atoms with van der Waals surface area (Å²) in [6.07, 6.45) is 2.58. The SMILES string of the molecule is CCCN(CCC)S(=O)(=O)c1ccc(C(=O)Nc2nnco2)cc1. The Hall–Kier alpha value is -2.26. The van der Waals surface area contributed by atoms with E-state index in [1.165, 1.54) is 28.6 Å². The van der Waals surface area contributed by atoms with Crippen molar-refractivity contribution in [1.82, 2.24) is 14.5 Å². The van der Waals surface area contributed by atoms with Crippen LogP contribution in [0.25, 0.3) is 0 Å². The molecule has 0 aliphatic heterocycles. The van der Waals surface area contributed by atoms with Crippen LogP contribution in [0.3, 0.4) is 0 Å². The van der Waals surface area contributed by atoms with Crippen LogP contribution in [0.1, 0.15) is 37.0 Å². The van der Waals surface area contributed by atoms with Crippen molar-refractivity contribution in [2.75, 3.05) is 18.4 Å². The first kappa shape index (κ1) is 18.1. The monoisotopic (exact) mass is 352 g/mol. The summed E-state index contributed by atoms with van der Waals surface area (Å²) in [7, 11) is -3.56. The third-order valence-electron chi connectivity index (χ3n) is 3.28. The number of aromatic nitrogens is 2. The van der Waals surface area contributed by atoms with Crippen molar-refractivity contribution in [3.05, 3.63) is 36.2 Å². The summed E-state index contributed by atoms with van der Waals surface area (Å²) in [5.74, 6) is -0.456. The first-order chi connectivity index (χ1) is 11.5. The summed E-state index contributed by atoms with van der Waals surface area (Å²) in [5.41, 5.74) is 0.296. The van der Waals surface area contributed by atoms with Crippen LogP contribution in [0.5, 0.6) is 0 Å². The molecule has 1 heterocycles. The lowest BCUT2D eigenvalue weighted by atomic mass is 10.2. The van der Waals surface area contributed by atoms with Crippen molar-refractivity contribution in [3.63, 3.8) is 0 Å². The van der Waals surface area contributed by atoms with Gasteiger partial charge >= 0.3 is 6.01 Å². The molecule has 2 rings (SSSR count). The number of nitrogens with zero attached hydrogens (tertiary/aromatic N) is 3. The van der Waals surface area contributed by atoms with Crippen LogP contribution in [0.2, 0.25) is 0 Å². The zero-order valence-corrected chi connectivity index (χ0v) is 14.4. The average Bonchev–Trinajstić information content (AvgIpc) is 3.07. The number of anilines is 1. The van der Waals surface area contributed by atoms with Crippen molar-refractivity contribution in [2.24, 2.45) is 0 Å². The molecule has 1 aromatic heterocycles. The normalized spacial score (nSPS) is 11.6. The Kier molecular flexibility index (Phi) is 6.04. The lowest BCUT2D eigenvalue weighted by molar-refractivity contribution is 0.102. The van der Waals surface area contributed by atoms with Gasteiger partial charge in [-0.15, -0.1) is 5.10 Å². The highest BCUT2D eigenvalue weighted by Gasteiger charge is 2.23. The average molecular weight is 352 g/mol. The van der Waals surface area contributed by atoms with Crippen LogP contribution in [-0.2, 0) is 10.0 Å². The van der Waals surface area contributed by atoms with Gasteiger partial charge in [0, 0.05) is 18.7 Å². The molecule has 2 aromatic rings. The lowest BCUT2D eigenvalue weighted by Gasteiger charge is -2.21. The molecule has 1 N–H and O–H groups in total. The number of benzene rings is 1. The summed E-state index contributed by atoms with van der Waals surface area (Å²) in [4.78, 5) is 12.2. The van der Waals surface area contributed by atoms with Gasteiger partial charge in [0.1, 0.15) is 0 Å². The Bertz CT molecular complexity index is 751. The van der Waals surface area contributed by atoms with E-state index in [-0.39, 0.29) is 10.9 Å². The van der Waals surface area contributed by atoms with Crippen molar-refractivity contribution in [3.8, 4) is 0 Å². The molecule has 1 amide bonds. The smallest absolute Gasteiger partial charge is 0.322 e. The topological polar surface area (TPSA) is 105 Å². The number of rotatable bonds is 8. The molecule has 9 heteroatoms. The largest absolute Gasteiger partial charge is 0.411 e. The van der Waals surface area contributed by atoms with Crippen molar-refractivity contribution >= 4 is 21.9 Å². The third-order valence-corrected chi connectivity index (χ3v) is 5.19. The number of carbonyl (C=O) groups excluding carboxylic acids is 1. The van der Waals surface area contributed by atoms with Gasteiger partial charge in [-0.05, 0) is 37.1 Å². The van der Waals surface area contributed by atoms with Gasteiger partial charge in [0.05, 0.1) is 4.90 Å². The summed E-state index contributed by atoms with van der Waals surface area (Å²) in [6.45, 7) is 4.80. The van der Waals surface area contributed by atoms with E-state index in [9.17, 15) is 13.2 Å². The van der Waals surface area contributed by atoms with E-state index in [1.807, 2.05) is 13.8 Å². The van der Waals surface area contributed by atoms with E-state index in [0.29, 0.717) is 18.7 Å². The Morgan fingerprint density at radius 1 is 1.17 bits per heavy atom. The Morgan fingerprint density at radius 2 is 1.79 bits per heavy atom. The minimum atomic E-state index is -3.56. The second-order valence-corrected chi connectivity index (χ2v) is 7.06. The van der Waals surface area contributed by atoms with Crippen LogP contribution in [-0.4, -0.2) is 41.9 Å². The number of carbonyl (C=O) groups is 1. The first-order valence-corrected chi connectivity index (χ1v) is 9.10. The summed E-state index contributed by atoms with van der Waals surface area (Å²) < 4.78 is 31.6. The van der Waals surface area contributed by atoms with Crippen LogP contribution in [0.15, 0.2) is 40.0 Å². The second kappa shape index (κ2) is 8.02. The molecule has 0 fully saturated rings. The molecule has 0 aliphatic rings. The first-order valence-electron chi connectivity index (χ1n) is 7.66. The summed E-state index contributed by atoms with van der Waals surface area (Å²) >= 11 is 0. The number of hydrogen-bond acceptors (Lipinski definition) is 6. The van der Waals surface area contributed by atoms with Crippen molar-refractivity contribution < 1.29 is 17.6 Å². The van der Waals surface area contributed by atoms with Crippen LogP contribution >= 0.6 is 0 Å². The zero-order chi connectivity index (χ0) is 17.6. The maximum Gasteiger partial charge on any atom is 0.322 e. The van der Waals surface area contributed by atoms with Crippen molar-refractivity contribution in [2.45, 2.75) is 31.6 Å². The molecule has 0 atom stereocenters. The molecule has 0 saturated heterocycles. The van der Waals surface area contributed by atoms with Gasteiger partial charge < -0.3 is 4.42 Å². The lowest BCUT2D eigenvalue weighted by Crippen LogP contribution is -2.32. The summed E-state index contributed by atoms with van der Waals surface area (Å²) in [5, 5.41) is 9.43. The predicted octanol–water partition coefficient (Wildman–Crippen LogP) is 2.13. The molecular weight excluding hydrogens is 332 g/mol. The van der Waals surface area contributed by atoms with Gasteiger partial charge in [-0.3, -0.25) is 10.1 Å². The van der Waals surface area contributed by atoms with E-state index >= 15 is 0 Å². The van der Waals surface area contributed by atoms with Crippen LogP contribution in [0.4, 0.5) is 6.01 Å². The van der Waals surface area contributed by atoms with Gasteiger partial charge in [0.25, 0.3) is 5.91 Å². The molecule has 0 bridgehead atoms. The Morgan fingerprint density at radius 3 is 2.29 bits per heavy atom. The molecule has 0 aliphatic carbocycles. The van der Waals surface area contributed by atoms with Gasteiger partial charge in [-0.25, -0.2) is 8.42 Å². The second-order valence-electron chi connectivity index (χ2n) is 5.13. The van der Waals surface area contributed by atoms with Crippen LogP contribution < -0.4 is 5.32 Å². The standard InChI is InChI=1S/C15H20N4O4S/c1-3-9-19(10-4-2)24(21,22)13-7-5-12(6-8-13)14(20)17-15-18-16-11-23-15/h5-8,11H,3-4,9-10H2,1-2H3,(H,17,18,20). The molecule has 8 nitrogen and oxygen atoms in total. The number of hydrogen-bond donors (Lipinski definition) is 1. The Labute approximate surface area is 140 Å². The van der Waals surface area contributed by atoms with Gasteiger partial charge in [0.15, 0.2) is 0 Å². The highest BCUT2D eigenvalue weighted by atomic mass is 32.2. The molecule has 24 heavy (non-hydrogen) atoms. The van der Waals surface area contributed by atoms with Crippen LogP contribution in [0, 0.1) is 0 Å². The highest BCUT2D eigenvalue weighted by molar-refractivity contribution is 7.89. The molecule has 0 unspecified atom stereocenters. The predicted molar refractivity (Wildman–Crippen MR) is 88.0 cm³/mol. The fraction of sp³-hybridized carbons (Fsp3) is 0.400. The minimum absolute atomic E-state index is 0.0197. The van der Waals surface area contributed by atoms with E-state index < -0.39 is 15.9 Å². The van der Waals surface area contributed by atoms with Gasteiger partial charge in [-0.1, -0.05) is 18.9 Å². The fourth-order valence-corrected chi connectivity index (χ4v) is 3.80. The zero-order valence-electron chi connectivity index (χ0n) is 13.6. The molecule has 0 saturated carbocycles. The van der Waals surface area contributed by atoms with Gasteiger partial charge in [-0.2, -0.15) is 4.31 Å². The molecule has 0 radical (unpaired) electrons. The maximum atomic E-state index is 12.6. The number of sulfonamides is 1. The number of nitrogens with one attached hydrogen (secondary N) is 1. The summed E-state index contributed by atoms with van der Waals surface area (Å²) in [6, 6.07) is 5.74. The highest BCUT2D eigenvalue weighted by Crippen LogP contribution is 2.18. The van der Waals surface area contributed by atoms with E-state index in [2.05, 4.69) is 15.5 Å². The molecular formula is C15H20N4O4S. The maximum absolute atomic E-state index is 12.6. The van der Waals surface area contributed by atoms with Crippen molar-refractivity contribution in [1.29, 1.82) is 0 Å². The fourth-order valence-electron chi connectivity index (χ4n) is 2.18. The van der Waals surface area contributed by atoms with E-state index in [4.69, 9.17) is 4.42 Å². The molecule has 130 valence electrons. The van der Waals surface area contributed by atoms with E-state index in [1.54, 1.807) is 0 Å². The number of amides is 1. The Balaban J connectivity index is 2.16. The molecule has 0 spiro atoms.